The van der Waals surface area contributed by atoms with Crippen molar-refractivity contribution in [3.63, 3.8) is 0 Å². The minimum atomic E-state index is -2.98. The van der Waals surface area contributed by atoms with Crippen LogP contribution in [-0.4, -0.2) is 29.0 Å². The molecule has 1 atom stereocenters. The Morgan fingerprint density at radius 1 is 1.27 bits per heavy atom. The van der Waals surface area contributed by atoms with E-state index in [-0.39, 0.29) is 22.9 Å². The molecular weight excluding hydrogens is 332 g/mol. The number of ether oxygens (including phenoxy) is 1. The number of alkyl halides is 2. The summed E-state index contributed by atoms with van der Waals surface area (Å²) in [5.74, 6) is -0.427. The third kappa shape index (κ3) is 4.60. The van der Waals surface area contributed by atoms with E-state index in [2.05, 4.69) is 10.1 Å². The summed E-state index contributed by atoms with van der Waals surface area (Å²) < 4.78 is 40.6. The van der Waals surface area contributed by atoms with Crippen molar-refractivity contribution in [2.24, 2.45) is 0 Å². The van der Waals surface area contributed by atoms with E-state index < -0.39 is 23.3 Å². The van der Waals surface area contributed by atoms with Crippen molar-refractivity contribution < 1.29 is 22.5 Å². The van der Waals surface area contributed by atoms with Gasteiger partial charge in [0.05, 0.1) is 10.8 Å². The zero-order valence-corrected chi connectivity index (χ0v) is 13.0. The molecule has 8 heteroatoms. The summed E-state index contributed by atoms with van der Waals surface area (Å²) in [5, 5.41) is 4.05. The van der Waals surface area contributed by atoms with E-state index in [1.807, 2.05) is 6.07 Å². The molecule has 0 fully saturated rings. The van der Waals surface area contributed by atoms with Crippen molar-refractivity contribution >= 4 is 28.0 Å². The van der Waals surface area contributed by atoms with Gasteiger partial charge in [-0.15, -0.1) is 11.3 Å². The second-order valence-electron chi connectivity index (χ2n) is 4.11. The fourth-order valence-corrected chi connectivity index (χ4v) is 3.40. The molecule has 0 spiro atoms. The van der Waals surface area contributed by atoms with E-state index in [1.165, 1.54) is 11.4 Å². The SMILES string of the molecule is O=C(NCC[S@@](=O)c1ccccc1)c1sccc1OC(F)F. The van der Waals surface area contributed by atoms with Crippen LogP contribution in [0.4, 0.5) is 8.78 Å². The Morgan fingerprint density at radius 3 is 2.68 bits per heavy atom. The molecule has 0 aliphatic carbocycles. The molecule has 0 radical (unpaired) electrons. The van der Waals surface area contributed by atoms with Crippen LogP contribution >= 0.6 is 11.3 Å². The van der Waals surface area contributed by atoms with Gasteiger partial charge in [0.25, 0.3) is 5.91 Å². The van der Waals surface area contributed by atoms with Crippen molar-refractivity contribution in [2.45, 2.75) is 11.5 Å². The van der Waals surface area contributed by atoms with E-state index in [1.54, 1.807) is 24.3 Å². The van der Waals surface area contributed by atoms with Crippen LogP contribution in [0.3, 0.4) is 0 Å². The van der Waals surface area contributed by atoms with Crippen LogP contribution in [0.1, 0.15) is 9.67 Å². The number of carbonyl (C=O) groups is 1. The van der Waals surface area contributed by atoms with Gasteiger partial charge < -0.3 is 10.1 Å². The van der Waals surface area contributed by atoms with Crippen LogP contribution in [0.2, 0.25) is 0 Å². The van der Waals surface area contributed by atoms with Gasteiger partial charge in [-0.05, 0) is 23.6 Å². The standard InChI is InChI=1S/C14H13F2NO3S2/c15-14(16)20-11-6-8-21-12(11)13(18)17-7-9-22(19)10-4-2-1-3-5-10/h1-6,8,14H,7,9H2,(H,17,18)/t22-/m1/s1. The summed E-state index contributed by atoms with van der Waals surface area (Å²) >= 11 is 1.01. The Hall–Kier alpha value is -1.80. The predicted molar refractivity (Wildman–Crippen MR) is 81.0 cm³/mol. The maximum Gasteiger partial charge on any atom is 0.387 e. The lowest BCUT2D eigenvalue weighted by Crippen LogP contribution is -2.27. The van der Waals surface area contributed by atoms with Crippen molar-refractivity contribution in [1.82, 2.24) is 5.32 Å². The zero-order valence-electron chi connectivity index (χ0n) is 11.3. The topological polar surface area (TPSA) is 55.4 Å². The number of amides is 1. The first-order valence-electron chi connectivity index (χ1n) is 6.32. The summed E-state index contributed by atoms with van der Waals surface area (Å²) in [6, 6.07) is 10.2. The molecule has 1 heterocycles. The summed E-state index contributed by atoms with van der Waals surface area (Å²) in [6.07, 6.45) is 0. The first-order valence-corrected chi connectivity index (χ1v) is 8.51. The quantitative estimate of drug-likeness (QED) is 0.839. The van der Waals surface area contributed by atoms with Crippen LogP contribution in [0.25, 0.3) is 0 Å². The monoisotopic (exact) mass is 345 g/mol. The van der Waals surface area contributed by atoms with E-state index in [0.717, 1.165) is 11.3 Å². The van der Waals surface area contributed by atoms with Crippen molar-refractivity contribution in [1.29, 1.82) is 0 Å². The molecule has 0 bridgehead atoms. The van der Waals surface area contributed by atoms with Gasteiger partial charge in [0.2, 0.25) is 0 Å². The Morgan fingerprint density at radius 2 is 2.00 bits per heavy atom. The van der Waals surface area contributed by atoms with Gasteiger partial charge in [-0.2, -0.15) is 8.78 Å². The number of rotatable bonds is 7. The first-order chi connectivity index (χ1) is 10.6. The maximum atomic E-state index is 12.2. The van der Waals surface area contributed by atoms with Crippen LogP contribution in [0, 0.1) is 0 Å². The molecule has 1 amide bonds. The maximum absolute atomic E-state index is 12.2. The molecule has 0 aliphatic heterocycles. The molecule has 118 valence electrons. The van der Waals surface area contributed by atoms with Gasteiger partial charge in [-0.1, -0.05) is 18.2 Å². The molecule has 2 rings (SSSR count). The van der Waals surface area contributed by atoms with E-state index >= 15 is 0 Å². The highest BCUT2D eigenvalue weighted by Crippen LogP contribution is 2.26. The van der Waals surface area contributed by atoms with Crippen LogP contribution in [0.5, 0.6) is 5.75 Å². The minimum absolute atomic E-state index is 0.0748. The molecule has 2 aromatic rings. The molecule has 0 unspecified atom stereocenters. The van der Waals surface area contributed by atoms with Crippen LogP contribution < -0.4 is 10.1 Å². The summed E-state index contributed by atoms with van der Waals surface area (Å²) in [5.41, 5.74) is 0. The number of thiophene rings is 1. The van der Waals surface area contributed by atoms with Gasteiger partial charge in [0.1, 0.15) is 10.6 Å². The summed E-state index contributed by atoms with van der Waals surface area (Å²) in [4.78, 5) is 12.7. The molecule has 0 saturated carbocycles. The largest absolute Gasteiger partial charge is 0.433 e. The lowest BCUT2D eigenvalue weighted by molar-refractivity contribution is -0.0498. The van der Waals surface area contributed by atoms with Gasteiger partial charge in [-0.25, -0.2) is 0 Å². The second kappa shape index (κ2) is 8.00. The number of nitrogens with one attached hydrogen (secondary N) is 1. The third-order valence-corrected chi connectivity index (χ3v) is 4.90. The van der Waals surface area contributed by atoms with Crippen LogP contribution in [-0.2, 0) is 10.8 Å². The van der Waals surface area contributed by atoms with Crippen molar-refractivity contribution in [3.8, 4) is 5.75 Å². The lowest BCUT2D eigenvalue weighted by Gasteiger charge is -2.07. The average Bonchev–Trinajstić information content (AvgIpc) is 2.95. The second-order valence-corrected chi connectivity index (χ2v) is 6.60. The van der Waals surface area contributed by atoms with E-state index in [9.17, 15) is 17.8 Å². The summed E-state index contributed by atoms with van der Waals surface area (Å²) in [7, 11) is -1.22. The van der Waals surface area contributed by atoms with Gasteiger partial charge in [0.15, 0.2) is 0 Å². The third-order valence-electron chi connectivity index (χ3n) is 2.63. The number of benzene rings is 1. The fraction of sp³-hybridized carbons (Fsp3) is 0.214. The molecule has 4 nitrogen and oxygen atoms in total. The van der Waals surface area contributed by atoms with Gasteiger partial charge >= 0.3 is 6.61 Å². The first kappa shape index (κ1) is 16.6. The van der Waals surface area contributed by atoms with Gasteiger partial charge in [-0.3, -0.25) is 9.00 Å². The minimum Gasteiger partial charge on any atom is -0.433 e. The number of carbonyl (C=O) groups excluding carboxylic acids is 1. The average molecular weight is 345 g/mol. The van der Waals surface area contributed by atoms with Crippen molar-refractivity contribution in [2.75, 3.05) is 12.3 Å². The Bertz CT molecular complexity index is 647. The fourth-order valence-electron chi connectivity index (χ4n) is 1.68. The van der Waals surface area contributed by atoms with E-state index in [4.69, 9.17) is 0 Å². The smallest absolute Gasteiger partial charge is 0.387 e. The predicted octanol–water partition coefficient (Wildman–Crippen LogP) is 2.89. The molecule has 0 saturated heterocycles. The summed E-state index contributed by atoms with van der Waals surface area (Å²) in [6.45, 7) is -2.81. The van der Waals surface area contributed by atoms with E-state index in [0.29, 0.717) is 4.90 Å². The Labute approximate surface area is 132 Å². The van der Waals surface area contributed by atoms with Crippen molar-refractivity contribution in [3.05, 3.63) is 46.7 Å². The number of hydrogen-bond acceptors (Lipinski definition) is 4. The highest BCUT2D eigenvalue weighted by molar-refractivity contribution is 7.85. The molecule has 1 aromatic heterocycles. The molecule has 22 heavy (non-hydrogen) atoms. The molecule has 1 aromatic carbocycles. The highest BCUT2D eigenvalue weighted by Gasteiger charge is 2.17. The molecule has 1 N–H and O–H groups in total. The van der Waals surface area contributed by atoms with Gasteiger partial charge in [0, 0.05) is 17.2 Å². The zero-order chi connectivity index (χ0) is 15.9. The lowest BCUT2D eigenvalue weighted by atomic mass is 10.4. The normalized spacial score (nSPS) is 12.1. The Kier molecular flexibility index (Phi) is 6.02. The number of hydrogen-bond donors (Lipinski definition) is 1. The Balaban J connectivity index is 1.86. The molecule has 0 aliphatic rings. The highest BCUT2D eigenvalue weighted by atomic mass is 32.2. The molecular formula is C14H13F2NO3S2. The number of halogens is 2. The van der Waals surface area contributed by atoms with Crippen LogP contribution in [0.15, 0.2) is 46.7 Å².